The van der Waals surface area contributed by atoms with Crippen LogP contribution in [0.1, 0.15) is 30.5 Å². The Labute approximate surface area is 172 Å². The van der Waals surface area contributed by atoms with Crippen LogP contribution in [0.25, 0.3) is 0 Å². The molecule has 0 saturated carbocycles. The predicted octanol–water partition coefficient (Wildman–Crippen LogP) is 3.54. The second kappa shape index (κ2) is 10.8. The van der Waals surface area contributed by atoms with E-state index in [4.69, 9.17) is 14.2 Å². The molecule has 0 saturated heterocycles. The minimum Gasteiger partial charge on any atom is -0.491 e. The largest absolute Gasteiger partial charge is 0.491 e. The maximum atomic E-state index is 11.4. The van der Waals surface area contributed by atoms with E-state index < -0.39 is 18.2 Å². The van der Waals surface area contributed by atoms with Crippen LogP contribution in [0.5, 0.6) is 11.5 Å². The maximum absolute atomic E-state index is 11.4. The van der Waals surface area contributed by atoms with Crippen molar-refractivity contribution in [2.24, 2.45) is 0 Å². The lowest BCUT2D eigenvalue weighted by Crippen LogP contribution is -2.29. The molecule has 0 aliphatic carbocycles. The molecule has 158 valence electrons. The van der Waals surface area contributed by atoms with Crippen molar-refractivity contribution in [3.63, 3.8) is 0 Å². The Morgan fingerprint density at radius 1 is 0.966 bits per heavy atom. The predicted molar refractivity (Wildman–Crippen MR) is 111 cm³/mol. The minimum atomic E-state index is -0.996. The van der Waals surface area contributed by atoms with Gasteiger partial charge in [-0.3, -0.25) is 0 Å². The van der Waals surface area contributed by atoms with Crippen LogP contribution in [0.15, 0.2) is 42.5 Å². The van der Waals surface area contributed by atoms with Crippen LogP contribution in [0.2, 0.25) is 0 Å². The fraction of sp³-hybridized carbons (Fsp3) is 0.435. The van der Waals surface area contributed by atoms with Crippen LogP contribution in [0, 0.1) is 13.8 Å². The Hall–Kier alpha value is -2.57. The summed E-state index contributed by atoms with van der Waals surface area (Å²) in [5, 5.41) is 19.5. The van der Waals surface area contributed by atoms with E-state index in [0.717, 1.165) is 16.7 Å². The number of aliphatic hydroxyl groups excluding tert-OH is 1. The van der Waals surface area contributed by atoms with Crippen molar-refractivity contribution in [1.29, 1.82) is 0 Å². The van der Waals surface area contributed by atoms with Gasteiger partial charge in [-0.05, 0) is 68.7 Å². The van der Waals surface area contributed by atoms with E-state index >= 15 is 0 Å². The van der Waals surface area contributed by atoms with Crippen LogP contribution >= 0.6 is 0 Å². The van der Waals surface area contributed by atoms with Gasteiger partial charge in [-0.25, -0.2) is 4.79 Å². The number of aliphatic hydroxyl groups is 1. The van der Waals surface area contributed by atoms with E-state index in [1.165, 1.54) is 0 Å². The van der Waals surface area contributed by atoms with Gasteiger partial charge in [0.25, 0.3) is 0 Å². The van der Waals surface area contributed by atoms with E-state index in [-0.39, 0.29) is 25.7 Å². The van der Waals surface area contributed by atoms with Crippen LogP contribution < -0.4 is 9.47 Å². The van der Waals surface area contributed by atoms with Gasteiger partial charge in [-0.1, -0.05) is 18.2 Å². The molecule has 2 atom stereocenters. The average molecular weight is 402 g/mol. The second-order valence-corrected chi connectivity index (χ2v) is 7.46. The topological polar surface area (TPSA) is 85.2 Å². The summed E-state index contributed by atoms with van der Waals surface area (Å²) >= 11 is 0. The fourth-order valence-corrected chi connectivity index (χ4v) is 2.95. The first-order valence-corrected chi connectivity index (χ1v) is 9.72. The highest BCUT2D eigenvalue weighted by molar-refractivity contribution is 5.72. The molecule has 0 amide bonds. The van der Waals surface area contributed by atoms with Crippen LogP contribution in [-0.4, -0.2) is 47.7 Å². The zero-order valence-corrected chi connectivity index (χ0v) is 17.4. The van der Waals surface area contributed by atoms with Gasteiger partial charge in [0.1, 0.15) is 30.8 Å². The summed E-state index contributed by atoms with van der Waals surface area (Å²) in [5.74, 6) is 0.277. The van der Waals surface area contributed by atoms with Crippen LogP contribution in [-0.2, 0) is 16.0 Å². The quantitative estimate of drug-likeness (QED) is 0.598. The average Bonchev–Trinajstić information content (AvgIpc) is 2.63. The molecule has 0 heterocycles. The van der Waals surface area contributed by atoms with Crippen molar-refractivity contribution in [3.8, 4) is 11.5 Å². The summed E-state index contributed by atoms with van der Waals surface area (Å²) in [6, 6.07) is 13.0. The van der Waals surface area contributed by atoms with Gasteiger partial charge in [0.05, 0.1) is 6.10 Å². The first-order chi connectivity index (χ1) is 13.7. The molecule has 0 bridgehead atoms. The number of rotatable bonds is 11. The van der Waals surface area contributed by atoms with Crippen LogP contribution in [0.3, 0.4) is 0 Å². The summed E-state index contributed by atoms with van der Waals surface area (Å²) in [4.78, 5) is 11.4. The van der Waals surface area contributed by atoms with Gasteiger partial charge in [0.15, 0.2) is 6.10 Å². The van der Waals surface area contributed by atoms with Crippen molar-refractivity contribution >= 4 is 5.97 Å². The lowest BCUT2D eigenvalue weighted by atomic mass is 10.1. The van der Waals surface area contributed by atoms with Crippen molar-refractivity contribution in [2.75, 3.05) is 13.2 Å². The van der Waals surface area contributed by atoms with E-state index in [9.17, 15) is 15.0 Å². The molecule has 2 rings (SSSR count). The molecule has 2 aromatic carbocycles. The molecule has 2 N–H and O–H groups in total. The number of hydrogen-bond donors (Lipinski definition) is 2. The highest BCUT2D eigenvalue weighted by Crippen LogP contribution is 2.18. The normalized spacial score (nSPS) is 13.2. The number of carboxylic acids is 1. The van der Waals surface area contributed by atoms with Crippen molar-refractivity contribution in [3.05, 3.63) is 59.2 Å². The van der Waals surface area contributed by atoms with E-state index in [1.807, 2.05) is 32.0 Å². The molecule has 0 aromatic heterocycles. The second-order valence-electron chi connectivity index (χ2n) is 7.46. The molecular formula is C23H30O6. The number of carbonyl (C=O) groups is 1. The number of benzene rings is 2. The van der Waals surface area contributed by atoms with Gasteiger partial charge < -0.3 is 24.4 Å². The molecule has 0 aliphatic rings. The summed E-state index contributed by atoms with van der Waals surface area (Å²) in [7, 11) is 0. The smallest absolute Gasteiger partial charge is 0.333 e. The molecule has 0 fully saturated rings. The Morgan fingerprint density at radius 3 is 2.17 bits per heavy atom. The summed E-state index contributed by atoms with van der Waals surface area (Å²) in [6.45, 7) is 7.78. The number of carboxylic acid groups (broad SMARTS) is 1. The third kappa shape index (κ3) is 8.13. The number of aryl methyl sites for hydroxylation is 2. The van der Waals surface area contributed by atoms with Gasteiger partial charge in [-0.2, -0.15) is 0 Å². The van der Waals surface area contributed by atoms with Crippen LogP contribution in [0.4, 0.5) is 0 Å². The lowest BCUT2D eigenvalue weighted by Gasteiger charge is -2.17. The highest BCUT2D eigenvalue weighted by atomic mass is 16.5. The van der Waals surface area contributed by atoms with Crippen molar-refractivity contribution in [2.45, 2.75) is 52.4 Å². The summed E-state index contributed by atoms with van der Waals surface area (Å²) < 4.78 is 16.7. The zero-order valence-electron chi connectivity index (χ0n) is 17.4. The maximum Gasteiger partial charge on any atom is 0.333 e. The molecule has 0 radical (unpaired) electrons. The van der Waals surface area contributed by atoms with E-state index in [0.29, 0.717) is 11.5 Å². The molecule has 2 unspecified atom stereocenters. The molecule has 2 aromatic rings. The fourth-order valence-electron chi connectivity index (χ4n) is 2.95. The van der Waals surface area contributed by atoms with E-state index in [1.54, 1.807) is 32.0 Å². The number of hydrogen-bond acceptors (Lipinski definition) is 5. The Balaban J connectivity index is 1.86. The molecule has 6 heteroatoms. The number of ether oxygens (including phenoxy) is 3. The van der Waals surface area contributed by atoms with Crippen molar-refractivity contribution < 1.29 is 29.2 Å². The monoisotopic (exact) mass is 402 g/mol. The molecule has 29 heavy (non-hydrogen) atoms. The third-order valence-electron chi connectivity index (χ3n) is 4.11. The molecule has 0 aliphatic heterocycles. The van der Waals surface area contributed by atoms with Gasteiger partial charge >= 0.3 is 5.97 Å². The van der Waals surface area contributed by atoms with Crippen molar-refractivity contribution in [1.82, 2.24) is 0 Å². The summed E-state index contributed by atoms with van der Waals surface area (Å²) in [6.07, 6.45) is -1.65. The molecular weight excluding hydrogens is 372 g/mol. The Kier molecular flexibility index (Phi) is 8.49. The molecule has 6 nitrogen and oxygen atoms in total. The standard InChI is InChI=1S/C23H30O6/c1-15(2)29-22(23(25)26)12-18-6-5-7-20(11-18)27-13-19(24)14-28-21-9-16(3)8-17(4)10-21/h5-11,15,19,22,24H,12-14H2,1-4H3,(H,25,26). The summed E-state index contributed by atoms with van der Waals surface area (Å²) in [5.41, 5.74) is 2.99. The third-order valence-corrected chi connectivity index (χ3v) is 4.11. The van der Waals surface area contributed by atoms with Gasteiger partial charge in [-0.15, -0.1) is 0 Å². The highest BCUT2D eigenvalue weighted by Gasteiger charge is 2.20. The Bertz CT molecular complexity index is 781. The number of aliphatic carboxylic acids is 1. The lowest BCUT2D eigenvalue weighted by molar-refractivity contribution is -0.153. The SMILES string of the molecule is Cc1cc(C)cc(OCC(O)COc2cccc(CC(OC(C)C)C(=O)O)c2)c1. The molecule has 0 spiro atoms. The van der Waals surface area contributed by atoms with E-state index in [2.05, 4.69) is 6.07 Å². The Morgan fingerprint density at radius 2 is 1.59 bits per heavy atom. The zero-order chi connectivity index (χ0) is 21.4. The minimum absolute atomic E-state index is 0.0686. The first-order valence-electron chi connectivity index (χ1n) is 9.72. The van der Waals surface area contributed by atoms with Gasteiger partial charge in [0, 0.05) is 6.42 Å². The van der Waals surface area contributed by atoms with Gasteiger partial charge in [0.2, 0.25) is 0 Å². The first kappa shape index (κ1) is 22.7.